The molecule has 0 heterocycles. The quantitative estimate of drug-likeness (QED) is 0.396. The van der Waals surface area contributed by atoms with Crippen LogP contribution in [0.15, 0.2) is 36.4 Å². The van der Waals surface area contributed by atoms with Gasteiger partial charge < -0.3 is 0 Å². The summed E-state index contributed by atoms with van der Waals surface area (Å²) in [6.07, 6.45) is 1.55. The molecule has 104 valence electrons. The minimum Gasteiger partial charge on any atom is -0.206 e. The zero-order valence-corrected chi connectivity index (χ0v) is 11.7. The summed E-state index contributed by atoms with van der Waals surface area (Å²) in [5.74, 6) is -3.30. The molecule has 0 saturated heterocycles. The van der Waals surface area contributed by atoms with Gasteiger partial charge in [-0.3, -0.25) is 0 Å². The Morgan fingerprint density at radius 3 is 2.30 bits per heavy atom. The van der Waals surface area contributed by atoms with Crippen molar-refractivity contribution in [3.8, 4) is 0 Å². The smallest absolute Gasteiger partial charge is 0.161 e. The lowest BCUT2D eigenvalue weighted by Gasteiger charge is -2.08. The van der Waals surface area contributed by atoms with Crippen molar-refractivity contribution in [2.75, 3.05) is 5.88 Å². The molecule has 0 aliphatic carbocycles. The maximum atomic E-state index is 13.7. The highest BCUT2D eigenvalue weighted by atomic mass is 35.5. The third-order valence-electron chi connectivity index (χ3n) is 2.73. The molecule has 2 aromatic rings. The standard InChI is InChI=1S/C15H9Cl2F3/c16-8-10(5-9-3-1-2-4-12(9)17)11-6-14(19)15(20)7-13(11)18/h1-7H,8H2/b10-5+. The van der Waals surface area contributed by atoms with Crippen LogP contribution < -0.4 is 0 Å². The van der Waals surface area contributed by atoms with Crippen molar-refractivity contribution in [3.63, 3.8) is 0 Å². The monoisotopic (exact) mass is 316 g/mol. The van der Waals surface area contributed by atoms with Gasteiger partial charge in [-0.25, -0.2) is 13.2 Å². The van der Waals surface area contributed by atoms with Crippen LogP contribution in [0.3, 0.4) is 0 Å². The Kier molecular flexibility index (Phi) is 4.73. The average molecular weight is 317 g/mol. The first-order valence-corrected chi connectivity index (χ1v) is 6.60. The number of allylic oxidation sites excluding steroid dienone is 1. The van der Waals surface area contributed by atoms with Crippen LogP contribution in [-0.4, -0.2) is 5.88 Å². The van der Waals surface area contributed by atoms with Crippen molar-refractivity contribution in [1.82, 2.24) is 0 Å². The van der Waals surface area contributed by atoms with E-state index in [-0.39, 0.29) is 11.4 Å². The van der Waals surface area contributed by atoms with E-state index in [1.54, 1.807) is 30.3 Å². The Labute approximate surface area is 124 Å². The van der Waals surface area contributed by atoms with Crippen molar-refractivity contribution in [2.24, 2.45) is 0 Å². The van der Waals surface area contributed by atoms with E-state index in [1.807, 2.05) is 0 Å². The van der Waals surface area contributed by atoms with Crippen LogP contribution in [0.5, 0.6) is 0 Å². The lowest BCUT2D eigenvalue weighted by Crippen LogP contribution is -1.96. The minimum absolute atomic E-state index is 0.0623. The molecule has 0 amide bonds. The van der Waals surface area contributed by atoms with E-state index >= 15 is 0 Å². The summed E-state index contributed by atoms with van der Waals surface area (Å²) in [4.78, 5) is 0. The number of halogens is 5. The van der Waals surface area contributed by atoms with Gasteiger partial charge in [0, 0.05) is 22.5 Å². The Bertz CT molecular complexity index is 666. The van der Waals surface area contributed by atoms with Gasteiger partial charge in [0.25, 0.3) is 0 Å². The molecule has 0 N–H and O–H groups in total. The van der Waals surface area contributed by atoms with Gasteiger partial charge in [0.2, 0.25) is 0 Å². The molecule has 0 atom stereocenters. The van der Waals surface area contributed by atoms with Gasteiger partial charge in [0.1, 0.15) is 5.82 Å². The first-order chi connectivity index (χ1) is 9.52. The predicted molar refractivity (Wildman–Crippen MR) is 76.4 cm³/mol. The number of hydrogen-bond donors (Lipinski definition) is 0. The van der Waals surface area contributed by atoms with E-state index in [1.165, 1.54) is 0 Å². The summed E-state index contributed by atoms with van der Waals surface area (Å²) >= 11 is 11.8. The van der Waals surface area contributed by atoms with E-state index in [9.17, 15) is 13.2 Å². The number of rotatable bonds is 3. The molecule has 0 spiro atoms. The second-order valence-electron chi connectivity index (χ2n) is 4.07. The molecular formula is C15H9Cl2F3. The van der Waals surface area contributed by atoms with E-state index in [2.05, 4.69) is 0 Å². The highest BCUT2D eigenvalue weighted by molar-refractivity contribution is 6.32. The molecule has 0 aromatic heterocycles. The first kappa shape index (κ1) is 14.9. The van der Waals surface area contributed by atoms with Crippen molar-refractivity contribution >= 4 is 34.9 Å². The SMILES string of the molecule is Fc1cc(F)c(/C(=C/c2ccccc2Cl)CCl)cc1F. The van der Waals surface area contributed by atoms with Crippen LogP contribution >= 0.6 is 23.2 Å². The molecule has 0 fully saturated rings. The minimum atomic E-state index is -1.24. The molecule has 5 heteroatoms. The van der Waals surface area contributed by atoms with Crippen LogP contribution in [0.1, 0.15) is 11.1 Å². The molecule has 0 aliphatic rings. The molecule has 2 aromatic carbocycles. The molecule has 0 bridgehead atoms. The third-order valence-corrected chi connectivity index (χ3v) is 3.37. The van der Waals surface area contributed by atoms with Crippen molar-refractivity contribution in [3.05, 3.63) is 70.0 Å². The fraction of sp³-hybridized carbons (Fsp3) is 0.0667. The second-order valence-corrected chi connectivity index (χ2v) is 4.75. The summed E-state index contributed by atoms with van der Waals surface area (Å²) in [5.41, 5.74) is 0.851. The molecule has 0 radical (unpaired) electrons. The molecular weight excluding hydrogens is 308 g/mol. The lowest BCUT2D eigenvalue weighted by atomic mass is 10.0. The maximum Gasteiger partial charge on any atom is 0.161 e. The fourth-order valence-electron chi connectivity index (χ4n) is 1.74. The van der Waals surface area contributed by atoms with Crippen LogP contribution in [0.4, 0.5) is 13.2 Å². The van der Waals surface area contributed by atoms with Crippen LogP contribution in [0.25, 0.3) is 11.6 Å². The Morgan fingerprint density at radius 2 is 1.65 bits per heavy atom. The zero-order chi connectivity index (χ0) is 14.7. The third kappa shape index (κ3) is 3.17. The predicted octanol–water partition coefficient (Wildman–Crippen LogP) is 5.54. The van der Waals surface area contributed by atoms with Gasteiger partial charge >= 0.3 is 0 Å². The molecule has 2 rings (SSSR count). The number of hydrogen-bond acceptors (Lipinski definition) is 0. The Hall–Kier alpha value is -1.45. The maximum absolute atomic E-state index is 13.7. The fourth-order valence-corrected chi connectivity index (χ4v) is 2.15. The van der Waals surface area contributed by atoms with Gasteiger partial charge in [-0.1, -0.05) is 29.8 Å². The highest BCUT2D eigenvalue weighted by Crippen LogP contribution is 2.27. The van der Waals surface area contributed by atoms with Crippen molar-refractivity contribution in [1.29, 1.82) is 0 Å². The molecule has 0 nitrogen and oxygen atoms in total. The summed E-state index contributed by atoms with van der Waals surface area (Å²) < 4.78 is 39.9. The van der Waals surface area contributed by atoms with E-state index in [0.717, 1.165) is 6.07 Å². The van der Waals surface area contributed by atoms with E-state index in [4.69, 9.17) is 23.2 Å². The second kappa shape index (κ2) is 6.33. The highest BCUT2D eigenvalue weighted by Gasteiger charge is 2.13. The van der Waals surface area contributed by atoms with E-state index < -0.39 is 17.5 Å². The zero-order valence-electron chi connectivity index (χ0n) is 10.1. The van der Waals surface area contributed by atoms with Crippen LogP contribution in [0.2, 0.25) is 5.02 Å². The summed E-state index contributed by atoms with van der Waals surface area (Å²) in [7, 11) is 0. The van der Waals surface area contributed by atoms with Gasteiger partial charge in [-0.05, 0) is 29.3 Å². The van der Waals surface area contributed by atoms with Gasteiger partial charge in [0.15, 0.2) is 11.6 Å². The number of alkyl halides is 1. The van der Waals surface area contributed by atoms with Gasteiger partial charge in [-0.2, -0.15) is 0 Å². The first-order valence-electron chi connectivity index (χ1n) is 5.69. The topological polar surface area (TPSA) is 0 Å². The average Bonchev–Trinajstić information content (AvgIpc) is 2.42. The van der Waals surface area contributed by atoms with Gasteiger partial charge in [0.05, 0.1) is 0 Å². The molecule has 0 saturated carbocycles. The summed E-state index contributed by atoms with van der Waals surface area (Å²) in [6, 6.07) is 8.17. The van der Waals surface area contributed by atoms with Crippen LogP contribution in [-0.2, 0) is 0 Å². The normalized spacial score (nSPS) is 11.8. The van der Waals surface area contributed by atoms with Crippen LogP contribution in [0, 0.1) is 17.5 Å². The molecule has 20 heavy (non-hydrogen) atoms. The lowest BCUT2D eigenvalue weighted by molar-refractivity contribution is 0.494. The Balaban J connectivity index is 2.53. The molecule has 0 unspecified atom stereocenters. The van der Waals surface area contributed by atoms with E-state index in [0.29, 0.717) is 22.2 Å². The summed E-state index contributed by atoms with van der Waals surface area (Å²) in [6.45, 7) is 0. The summed E-state index contributed by atoms with van der Waals surface area (Å²) in [5, 5.41) is 0.457. The Morgan fingerprint density at radius 1 is 1.00 bits per heavy atom. The van der Waals surface area contributed by atoms with Gasteiger partial charge in [-0.15, -0.1) is 11.6 Å². The van der Waals surface area contributed by atoms with Crippen molar-refractivity contribution in [2.45, 2.75) is 0 Å². The molecule has 0 aliphatic heterocycles. The van der Waals surface area contributed by atoms with Crippen molar-refractivity contribution < 1.29 is 13.2 Å². The largest absolute Gasteiger partial charge is 0.206 e. The number of benzene rings is 2.